The van der Waals surface area contributed by atoms with E-state index < -0.39 is 0 Å². The highest BCUT2D eigenvalue weighted by Crippen LogP contribution is 2.21. The highest BCUT2D eigenvalue weighted by Gasteiger charge is 2.24. The summed E-state index contributed by atoms with van der Waals surface area (Å²) in [6, 6.07) is 14.9. The highest BCUT2D eigenvalue weighted by atomic mass is 16.5. The number of ether oxygens (including phenoxy) is 1. The van der Waals surface area contributed by atoms with Crippen LogP contribution in [-0.2, 0) is 11.3 Å². The zero-order valence-electron chi connectivity index (χ0n) is 11.8. The lowest BCUT2D eigenvalue weighted by Gasteiger charge is -2.36. The Morgan fingerprint density at radius 3 is 2.80 bits per heavy atom. The van der Waals surface area contributed by atoms with Crippen LogP contribution in [0.4, 0.5) is 0 Å². The van der Waals surface area contributed by atoms with Gasteiger partial charge in [-0.15, -0.1) is 0 Å². The molecule has 0 aromatic heterocycles. The van der Waals surface area contributed by atoms with E-state index in [0.717, 1.165) is 19.6 Å². The highest BCUT2D eigenvalue weighted by molar-refractivity contribution is 5.85. The average Bonchev–Trinajstić information content (AvgIpc) is 2.47. The lowest BCUT2D eigenvalue weighted by molar-refractivity contribution is -0.0971. The molecular weight excluding hydrogens is 250 g/mol. The third-order valence-electron chi connectivity index (χ3n) is 3.88. The van der Waals surface area contributed by atoms with E-state index in [9.17, 15) is 5.11 Å². The van der Waals surface area contributed by atoms with Crippen LogP contribution in [0.15, 0.2) is 42.5 Å². The Balaban J connectivity index is 1.82. The molecule has 0 spiro atoms. The number of hydrogen-bond acceptors (Lipinski definition) is 3. The number of aliphatic hydroxyl groups excluding tert-OH is 1. The molecule has 3 rings (SSSR count). The van der Waals surface area contributed by atoms with Crippen LogP contribution in [0.25, 0.3) is 10.8 Å². The van der Waals surface area contributed by atoms with Crippen LogP contribution < -0.4 is 0 Å². The van der Waals surface area contributed by atoms with Gasteiger partial charge in [0.1, 0.15) is 0 Å². The molecule has 3 nitrogen and oxygen atoms in total. The zero-order valence-corrected chi connectivity index (χ0v) is 11.8. The van der Waals surface area contributed by atoms with Crippen molar-refractivity contribution >= 4 is 10.8 Å². The molecule has 2 aromatic carbocycles. The second-order valence-corrected chi connectivity index (χ2v) is 5.58. The molecule has 1 heterocycles. The molecule has 1 aliphatic heterocycles. The van der Waals surface area contributed by atoms with Crippen molar-refractivity contribution in [2.75, 3.05) is 19.7 Å². The standard InChI is InChI=1S/C17H21NO2/c1-13-9-18(11-16(12-19)20-13)10-15-7-4-6-14-5-2-3-8-17(14)15/h2-8,13,16,19H,9-12H2,1H3. The normalized spacial score (nSPS) is 24.1. The zero-order chi connectivity index (χ0) is 13.9. The monoisotopic (exact) mass is 271 g/mol. The molecule has 106 valence electrons. The molecule has 2 atom stereocenters. The van der Waals surface area contributed by atoms with Crippen LogP contribution in [0.2, 0.25) is 0 Å². The summed E-state index contributed by atoms with van der Waals surface area (Å²) >= 11 is 0. The average molecular weight is 271 g/mol. The van der Waals surface area contributed by atoms with E-state index in [0.29, 0.717) is 0 Å². The SMILES string of the molecule is CC1CN(Cc2cccc3ccccc23)CC(CO)O1. The maximum atomic E-state index is 9.31. The summed E-state index contributed by atoms with van der Waals surface area (Å²) in [5.74, 6) is 0. The third kappa shape index (κ3) is 2.85. The lowest BCUT2D eigenvalue weighted by atomic mass is 10.0. The Labute approximate surface area is 119 Å². The summed E-state index contributed by atoms with van der Waals surface area (Å²) < 4.78 is 5.70. The Bertz CT molecular complexity index is 579. The van der Waals surface area contributed by atoms with Crippen molar-refractivity contribution in [1.82, 2.24) is 4.90 Å². The Hall–Kier alpha value is -1.42. The van der Waals surface area contributed by atoms with Crippen LogP contribution in [0.3, 0.4) is 0 Å². The van der Waals surface area contributed by atoms with Crippen molar-refractivity contribution in [3.05, 3.63) is 48.0 Å². The van der Waals surface area contributed by atoms with Crippen LogP contribution >= 0.6 is 0 Å². The second-order valence-electron chi connectivity index (χ2n) is 5.58. The van der Waals surface area contributed by atoms with Crippen molar-refractivity contribution in [3.8, 4) is 0 Å². The smallest absolute Gasteiger partial charge is 0.0936 e. The molecule has 1 aliphatic rings. The first-order valence-corrected chi connectivity index (χ1v) is 7.21. The van der Waals surface area contributed by atoms with Gasteiger partial charge >= 0.3 is 0 Å². The minimum absolute atomic E-state index is 0.0614. The van der Waals surface area contributed by atoms with E-state index in [2.05, 4.69) is 54.3 Å². The quantitative estimate of drug-likeness (QED) is 0.930. The topological polar surface area (TPSA) is 32.7 Å². The number of fused-ring (bicyclic) bond motifs is 1. The van der Waals surface area contributed by atoms with Gasteiger partial charge in [0.25, 0.3) is 0 Å². The molecule has 0 amide bonds. The maximum Gasteiger partial charge on any atom is 0.0936 e. The van der Waals surface area contributed by atoms with Crippen molar-refractivity contribution in [3.63, 3.8) is 0 Å². The number of benzene rings is 2. The molecular formula is C17H21NO2. The molecule has 1 fully saturated rings. The van der Waals surface area contributed by atoms with Crippen LogP contribution in [0, 0.1) is 0 Å². The summed E-state index contributed by atoms with van der Waals surface area (Å²) in [6.07, 6.45) is 0.115. The van der Waals surface area contributed by atoms with Gasteiger partial charge in [-0.05, 0) is 23.3 Å². The predicted molar refractivity (Wildman–Crippen MR) is 80.6 cm³/mol. The lowest BCUT2D eigenvalue weighted by Crippen LogP contribution is -2.47. The number of morpholine rings is 1. The Morgan fingerprint density at radius 1 is 1.15 bits per heavy atom. The molecule has 20 heavy (non-hydrogen) atoms. The number of nitrogens with zero attached hydrogens (tertiary/aromatic N) is 1. The van der Waals surface area contributed by atoms with E-state index in [1.165, 1.54) is 16.3 Å². The fourth-order valence-corrected chi connectivity index (χ4v) is 3.04. The fourth-order valence-electron chi connectivity index (χ4n) is 3.04. The van der Waals surface area contributed by atoms with Gasteiger partial charge in [-0.25, -0.2) is 0 Å². The van der Waals surface area contributed by atoms with E-state index >= 15 is 0 Å². The molecule has 0 radical (unpaired) electrons. The fraction of sp³-hybridized carbons (Fsp3) is 0.412. The molecule has 2 aromatic rings. The number of aliphatic hydroxyl groups is 1. The summed E-state index contributed by atoms with van der Waals surface area (Å²) in [7, 11) is 0. The minimum atomic E-state index is -0.0614. The Kier molecular flexibility index (Phi) is 4.01. The number of rotatable bonds is 3. The van der Waals surface area contributed by atoms with Gasteiger partial charge in [-0.3, -0.25) is 4.90 Å². The van der Waals surface area contributed by atoms with Crippen molar-refractivity contribution in [2.45, 2.75) is 25.7 Å². The first kappa shape index (κ1) is 13.6. The first-order chi connectivity index (χ1) is 9.76. The summed E-state index contributed by atoms with van der Waals surface area (Å²) in [5.41, 5.74) is 1.34. The van der Waals surface area contributed by atoms with Crippen molar-refractivity contribution < 1.29 is 9.84 Å². The largest absolute Gasteiger partial charge is 0.394 e. The molecule has 0 bridgehead atoms. The molecule has 1 saturated heterocycles. The molecule has 0 aliphatic carbocycles. The van der Waals surface area contributed by atoms with E-state index in [-0.39, 0.29) is 18.8 Å². The summed E-state index contributed by atoms with van der Waals surface area (Å²) in [5, 5.41) is 11.9. The van der Waals surface area contributed by atoms with Gasteiger partial charge in [-0.1, -0.05) is 42.5 Å². The van der Waals surface area contributed by atoms with Gasteiger partial charge < -0.3 is 9.84 Å². The van der Waals surface area contributed by atoms with Gasteiger partial charge in [0.2, 0.25) is 0 Å². The van der Waals surface area contributed by atoms with Gasteiger partial charge in [0, 0.05) is 19.6 Å². The first-order valence-electron chi connectivity index (χ1n) is 7.21. The van der Waals surface area contributed by atoms with Gasteiger partial charge in [-0.2, -0.15) is 0 Å². The van der Waals surface area contributed by atoms with E-state index in [1.807, 2.05) is 0 Å². The predicted octanol–water partition coefficient (Wildman–Crippen LogP) is 2.42. The van der Waals surface area contributed by atoms with Gasteiger partial charge in [0.05, 0.1) is 18.8 Å². The number of hydrogen-bond donors (Lipinski definition) is 1. The minimum Gasteiger partial charge on any atom is -0.394 e. The van der Waals surface area contributed by atoms with Crippen molar-refractivity contribution in [2.24, 2.45) is 0 Å². The van der Waals surface area contributed by atoms with Crippen molar-refractivity contribution in [1.29, 1.82) is 0 Å². The summed E-state index contributed by atoms with van der Waals surface area (Å²) in [4.78, 5) is 2.37. The maximum absolute atomic E-state index is 9.31. The van der Waals surface area contributed by atoms with Crippen LogP contribution in [0.5, 0.6) is 0 Å². The molecule has 2 unspecified atom stereocenters. The third-order valence-corrected chi connectivity index (χ3v) is 3.88. The van der Waals surface area contributed by atoms with E-state index in [4.69, 9.17) is 4.74 Å². The Morgan fingerprint density at radius 2 is 1.95 bits per heavy atom. The van der Waals surface area contributed by atoms with Crippen LogP contribution in [-0.4, -0.2) is 41.9 Å². The molecule has 3 heteroatoms. The van der Waals surface area contributed by atoms with Gasteiger partial charge in [0.15, 0.2) is 0 Å². The second kappa shape index (κ2) is 5.92. The summed E-state index contributed by atoms with van der Waals surface area (Å²) in [6.45, 7) is 4.78. The van der Waals surface area contributed by atoms with E-state index in [1.54, 1.807) is 0 Å². The molecule has 0 saturated carbocycles. The van der Waals surface area contributed by atoms with Crippen LogP contribution in [0.1, 0.15) is 12.5 Å². The molecule has 1 N–H and O–H groups in total.